The second-order valence-corrected chi connectivity index (χ2v) is 8.20. The van der Waals surface area contributed by atoms with Crippen molar-refractivity contribution in [2.24, 2.45) is 0 Å². The van der Waals surface area contributed by atoms with Crippen LogP contribution in [0.3, 0.4) is 0 Å². The molecule has 2 aromatic rings. The van der Waals surface area contributed by atoms with Gasteiger partial charge in [-0.3, -0.25) is 4.79 Å². The highest BCUT2D eigenvalue weighted by Gasteiger charge is 2.33. The molecule has 1 aromatic heterocycles. The van der Waals surface area contributed by atoms with E-state index in [1.165, 1.54) is 0 Å². The molecule has 1 aliphatic carbocycles. The standard InChI is InChI=1S/C24H29NO7/c1-13-21-17(25-22(13)24(27)32-12-16-6-5-7-31-16)8-14(9-18(21)26)15-10-19(28-2)23(30-4)20(11-15)29-3/h10-11,14,16,25H,5-9,12H2,1-4H3/t14-,16+/m1/s1. The quantitative estimate of drug-likeness (QED) is 0.653. The fourth-order valence-electron chi connectivity index (χ4n) is 4.63. The van der Waals surface area contributed by atoms with E-state index in [1.54, 1.807) is 28.3 Å². The number of fused-ring (bicyclic) bond motifs is 1. The van der Waals surface area contributed by atoms with Gasteiger partial charge in [0.1, 0.15) is 12.3 Å². The Morgan fingerprint density at radius 2 is 1.84 bits per heavy atom. The van der Waals surface area contributed by atoms with Crippen molar-refractivity contribution in [3.63, 3.8) is 0 Å². The number of esters is 1. The third-order valence-corrected chi connectivity index (χ3v) is 6.28. The van der Waals surface area contributed by atoms with E-state index in [0.29, 0.717) is 53.5 Å². The Balaban J connectivity index is 1.58. The third kappa shape index (κ3) is 4.07. The van der Waals surface area contributed by atoms with Crippen LogP contribution < -0.4 is 14.2 Å². The molecule has 2 aliphatic rings. The highest BCUT2D eigenvalue weighted by molar-refractivity contribution is 6.03. The Morgan fingerprint density at radius 1 is 1.12 bits per heavy atom. The Hall–Kier alpha value is -3.00. The maximum atomic E-state index is 13.0. The van der Waals surface area contributed by atoms with Gasteiger partial charge >= 0.3 is 5.97 Å². The van der Waals surface area contributed by atoms with E-state index in [0.717, 1.165) is 24.1 Å². The Kier molecular flexibility index (Phi) is 6.41. The van der Waals surface area contributed by atoms with E-state index in [9.17, 15) is 9.59 Å². The molecule has 172 valence electrons. The Bertz CT molecular complexity index is 995. The van der Waals surface area contributed by atoms with Gasteiger partial charge in [0.2, 0.25) is 5.75 Å². The van der Waals surface area contributed by atoms with Crippen LogP contribution in [0, 0.1) is 6.92 Å². The molecular formula is C24H29NO7. The molecular weight excluding hydrogens is 414 g/mol. The van der Waals surface area contributed by atoms with Crippen LogP contribution in [0.2, 0.25) is 0 Å². The highest BCUT2D eigenvalue weighted by Crippen LogP contribution is 2.43. The van der Waals surface area contributed by atoms with E-state index in [1.807, 2.05) is 12.1 Å². The predicted molar refractivity (Wildman–Crippen MR) is 116 cm³/mol. The summed E-state index contributed by atoms with van der Waals surface area (Å²) in [6.07, 6.45) is 2.74. The van der Waals surface area contributed by atoms with Crippen molar-refractivity contribution in [3.8, 4) is 17.2 Å². The summed E-state index contributed by atoms with van der Waals surface area (Å²) in [6, 6.07) is 3.74. The maximum absolute atomic E-state index is 13.0. The molecule has 0 spiro atoms. The number of aromatic nitrogens is 1. The highest BCUT2D eigenvalue weighted by atomic mass is 16.6. The fourth-order valence-corrected chi connectivity index (χ4v) is 4.63. The van der Waals surface area contributed by atoms with Gasteiger partial charge in [0.25, 0.3) is 0 Å². The number of nitrogens with one attached hydrogen (secondary N) is 1. The van der Waals surface area contributed by atoms with Gasteiger partial charge in [0, 0.05) is 24.3 Å². The van der Waals surface area contributed by atoms with Gasteiger partial charge in [-0.25, -0.2) is 4.79 Å². The molecule has 0 bridgehead atoms. The van der Waals surface area contributed by atoms with E-state index < -0.39 is 5.97 Å². The number of H-pyrrole nitrogens is 1. The predicted octanol–water partition coefficient (Wildman–Crippen LogP) is 3.60. The summed E-state index contributed by atoms with van der Waals surface area (Å²) in [5.74, 6) is 1.05. The molecule has 0 radical (unpaired) electrons. The molecule has 1 aromatic carbocycles. The normalized spacial score (nSPS) is 20.1. The number of hydrogen-bond acceptors (Lipinski definition) is 7. The van der Waals surface area contributed by atoms with Crippen molar-refractivity contribution in [1.82, 2.24) is 4.98 Å². The summed E-state index contributed by atoms with van der Waals surface area (Å²) in [4.78, 5) is 28.9. The lowest BCUT2D eigenvalue weighted by atomic mass is 9.81. The zero-order valence-electron chi connectivity index (χ0n) is 18.9. The van der Waals surface area contributed by atoms with Crippen molar-refractivity contribution in [1.29, 1.82) is 0 Å². The summed E-state index contributed by atoms with van der Waals surface area (Å²) in [7, 11) is 4.68. The number of rotatable bonds is 7. The van der Waals surface area contributed by atoms with Crippen molar-refractivity contribution in [2.75, 3.05) is 34.5 Å². The summed E-state index contributed by atoms with van der Waals surface area (Å²) >= 11 is 0. The Morgan fingerprint density at radius 3 is 2.44 bits per heavy atom. The molecule has 1 fully saturated rings. The number of carbonyl (C=O) groups excluding carboxylic acids is 2. The molecule has 4 rings (SSSR count). The van der Waals surface area contributed by atoms with E-state index in [4.69, 9.17) is 23.7 Å². The molecule has 2 atom stereocenters. The van der Waals surface area contributed by atoms with Crippen LogP contribution in [0.4, 0.5) is 0 Å². The number of methoxy groups -OCH3 is 3. The lowest BCUT2D eigenvalue weighted by Gasteiger charge is -2.24. The molecule has 1 saturated heterocycles. The minimum atomic E-state index is -0.454. The van der Waals surface area contributed by atoms with Gasteiger partial charge in [-0.1, -0.05) is 0 Å². The zero-order chi connectivity index (χ0) is 22.8. The van der Waals surface area contributed by atoms with Gasteiger partial charge in [0.05, 0.1) is 27.4 Å². The fraction of sp³-hybridized carbons (Fsp3) is 0.500. The minimum Gasteiger partial charge on any atom is -0.493 e. The van der Waals surface area contributed by atoms with Crippen LogP contribution in [-0.2, 0) is 15.9 Å². The lowest BCUT2D eigenvalue weighted by Crippen LogP contribution is -2.19. The number of Topliss-reactive ketones (excluding diaryl/α,β-unsaturated/α-hetero) is 1. The first-order valence-electron chi connectivity index (χ1n) is 10.8. The number of aromatic amines is 1. The lowest BCUT2D eigenvalue weighted by molar-refractivity contribution is 0.0156. The molecule has 0 saturated carbocycles. The van der Waals surface area contributed by atoms with E-state index in [-0.39, 0.29) is 24.4 Å². The number of ketones is 1. The average molecular weight is 443 g/mol. The number of hydrogen-bond donors (Lipinski definition) is 1. The molecule has 2 heterocycles. The summed E-state index contributed by atoms with van der Waals surface area (Å²) in [6.45, 7) is 2.72. The summed E-state index contributed by atoms with van der Waals surface area (Å²) in [5.41, 5.74) is 3.24. The first-order valence-corrected chi connectivity index (χ1v) is 10.8. The van der Waals surface area contributed by atoms with Crippen LogP contribution in [0.25, 0.3) is 0 Å². The monoisotopic (exact) mass is 443 g/mol. The van der Waals surface area contributed by atoms with Gasteiger partial charge in [-0.2, -0.15) is 0 Å². The third-order valence-electron chi connectivity index (χ3n) is 6.28. The minimum absolute atomic E-state index is 0.00284. The van der Waals surface area contributed by atoms with E-state index in [2.05, 4.69) is 4.98 Å². The van der Waals surface area contributed by atoms with Crippen LogP contribution in [0.1, 0.15) is 62.8 Å². The first-order chi connectivity index (χ1) is 15.5. The SMILES string of the molecule is COc1cc([C@H]2CC(=O)c3c([nH]c(C(=O)OC[C@@H]4CCCO4)c3C)C2)cc(OC)c1OC. The number of ether oxygens (including phenoxy) is 5. The molecule has 1 N–H and O–H groups in total. The van der Waals surface area contributed by atoms with Crippen molar-refractivity contribution in [3.05, 3.63) is 40.2 Å². The van der Waals surface area contributed by atoms with Crippen LogP contribution in [0.5, 0.6) is 17.2 Å². The van der Waals surface area contributed by atoms with Crippen molar-refractivity contribution < 1.29 is 33.3 Å². The molecule has 32 heavy (non-hydrogen) atoms. The number of benzene rings is 1. The second kappa shape index (κ2) is 9.24. The first kappa shape index (κ1) is 22.2. The van der Waals surface area contributed by atoms with Gasteiger partial charge in [-0.15, -0.1) is 0 Å². The molecule has 0 amide bonds. The van der Waals surface area contributed by atoms with Gasteiger partial charge in [0.15, 0.2) is 17.3 Å². The zero-order valence-corrected chi connectivity index (χ0v) is 18.9. The van der Waals surface area contributed by atoms with Crippen LogP contribution in [0.15, 0.2) is 12.1 Å². The van der Waals surface area contributed by atoms with Crippen LogP contribution in [-0.4, -0.2) is 57.4 Å². The second-order valence-electron chi connectivity index (χ2n) is 8.20. The Labute approximate surface area is 187 Å². The van der Waals surface area contributed by atoms with Gasteiger partial charge < -0.3 is 28.7 Å². The number of carbonyl (C=O) groups is 2. The summed E-state index contributed by atoms with van der Waals surface area (Å²) in [5, 5.41) is 0. The molecule has 8 heteroatoms. The topological polar surface area (TPSA) is 96.1 Å². The van der Waals surface area contributed by atoms with Crippen molar-refractivity contribution in [2.45, 2.75) is 44.6 Å². The summed E-state index contributed by atoms with van der Waals surface area (Å²) < 4.78 is 27.3. The molecule has 1 aliphatic heterocycles. The van der Waals surface area contributed by atoms with E-state index >= 15 is 0 Å². The maximum Gasteiger partial charge on any atom is 0.355 e. The smallest absolute Gasteiger partial charge is 0.355 e. The van der Waals surface area contributed by atoms with Crippen LogP contribution >= 0.6 is 0 Å². The molecule has 0 unspecified atom stereocenters. The van der Waals surface area contributed by atoms with Crippen molar-refractivity contribution >= 4 is 11.8 Å². The largest absolute Gasteiger partial charge is 0.493 e. The molecule has 8 nitrogen and oxygen atoms in total. The van der Waals surface area contributed by atoms with Gasteiger partial charge in [-0.05, 0) is 55.4 Å². The average Bonchev–Trinajstić information content (AvgIpc) is 3.44.